The van der Waals surface area contributed by atoms with E-state index in [2.05, 4.69) is 22.6 Å². The number of rotatable bonds is 4. The van der Waals surface area contributed by atoms with E-state index in [-0.39, 0.29) is 5.78 Å². The number of benzene rings is 2. The summed E-state index contributed by atoms with van der Waals surface area (Å²) < 4.78 is 0.849. The summed E-state index contributed by atoms with van der Waals surface area (Å²) in [4.78, 5) is 23.5. The van der Waals surface area contributed by atoms with Gasteiger partial charge in [-0.15, -0.1) is 0 Å². The van der Waals surface area contributed by atoms with Gasteiger partial charge in [0.05, 0.1) is 5.92 Å². The maximum atomic E-state index is 12.4. The quantitative estimate of drug-likeness (QED) is 0.650. The molecule has 0 saturated heterocycles. The first-order chi connectivity index (χ1) is 9.50. The molecular weight excluding hydrogens is 367 g/mol. The summed E-state index contributed by atoms with van der Waals surface area (Å²) in [5.74, 6) is -1.63. The topological polar surface area (TPSA) is 54.4 Å². The van der Waals surface area contributed by atoms with Crippen LogP contribution < -0.4 is 0 Å². The van der Waals surface area contributed by atoms with Crippen molar-refractivity contribution in [2.45, 2.75) is 12.8 Å². The molecule has 0 fully saturated rings. The second-order valence-electron chi connectivity index (χ2n) is 4.49. The van der Waals surface area contributed by atoms with Crippen LogP contribution in [0.3, 0.4) is 0 Å². The predicted octanol–water partition coefficient (Wildman–Crippen LogP) is 3.71. The molecule has 0 aliphatic carbocycles. The zero-order valence-corrected chi connectivity index (χ0v) is 13.0. The average Bonchev–Trinajstić information content (AvgIpc) is 2.47. The fraction of sp³-hybridized carbons (Fsp3) is 0.125. The number of carbonyl (C=O) groups is 2. The highest BCUT2D eigenvalue weighted by Crippen LogP contribution is 2.24. The largest absolute Gasteiger partial charge is 0.481 e. The molecule has 102 valence electrons. The third-order valence-corrected chi connectivity index (χ3v) is 4.11. The molecule has 2 rings (SSSR count). The number of halogens is 1. The molecule has 0 aromatic heterocycles. The van der Waals surface area contributed by atoms with Gasteiger partial charge >= 0.3 is 5.97 Å². The average molecular weight is 380 g/mol. The van der Waals surface area contributed by atoms with Gasteiger partial charge in [0.15, 0.2) is 5.78 Å². The first-order valence-corrected chi connectivity index (χ1v) is 7.20. The summed E-state index contributed by atoms with van der Waals surface area (Å²) >= 11 is 2.09. The Bertz CT molecular complexity index is 650. The second kappa shape index (κ2) is 6.17. The first kappa shape index (κ1) is 14.7. The first-order valence-electron chi connectivity index (χ1n) is 6.12. The fourth-order valence-electron chi connectivity index (χ4n) is 1.91. The minimum atomic E-state index is -0.896. The fourth-order valence-corrected chi connectivity index (χ4v) is 2.71. The normalized spacial score (nSPS) is 11.9. The van der Waals surface area contributed by atoms with Crippen molar-refractivity contribution in [1.29, 1.82) is 0 Å². The number of carboxylic acid groups (broad SMARTS) is 1. The molecule has 0 saturated carbocycles. The zero-order chi connectivity index (χ0) is 14.7. The van der Waals surface area contributed by atoms with E-state index >= 15 is 0 Å². The van der Waals surface area contributed by atoms with Gasteiger partial charge < -0.3 is 5.11 Å². The summed E-state index contributed by atoms with van der Waals surface area (Å²) in [5, 5.41) is 9.12. The zero-order valence-electron chi connectivity index (χ0n) is 10.8. The standard InChI is InChI=1S/C16H13IO3/c1-10(16(19)20)13-9-12(7-8-14(13)17)15(18)11-5-3-2-4-6-11/h2-10H,1H3,(H,19,20). The van der Waals surface area contributed by atoms with Gasteiger partial charge in [-0.25, -0.2) is 0 Å². The van der Waals surface area contributed by atoms with E-state index in [1.807, 2.05) is 6.07 Å². The van der Waals surface area contributed by atoms with E-state index in [0.29, 0.717) is 16.7 Å². The van der Waals surface area contributed by atoms with Crippen LogP contribution in [0.25, 0.3) is 0 Å². The lowest BCUT2D eigenvalue weighted by atomic mass is 9.96. The Labute approximate surface area is 130 Å². The van der Waals surface area contributed by atoms with Crippen LogP contribution in [-0.2, 0) is 4.79 Å². The molecule has 1 atom stereocenters. The van der Waals surface area contributed by atoms with Crippen LogP contribution in [0.5, 0.6) is 0 Å². The number of aliphatic carboxylic acids is 1. The third-order valence-electron chi connectivity index (χ3n) is 3.13. The Balaban J connectivity index is 2.42. The minimum absolute atomic E-state index is 0.0964. The summed E-state index contributed by atoms with van der Waals surface area (Å²) in [7, 11) is 0. The van der Waals surface area contributed by atoms with Gasteiger partial charge in [0.25, 0.3) is 0 Å². The molecule has 4 heteroatoms. The van der Waals surface area contributed by atoms with Gasteiger partial charge in [-0.05, 0) is 53.3 Å². The summed E-state index contributed by atoms with van der Waals surface area (Å²) in [6.45, 7) is 1.62. The Morgan fingerprint density at radius 3 is 2.30 bits per heavy atom. The molecule has 1 N–H and O–H groups in total. The highest BCUT2D eigenvalue weighted by atomic mass is 127. The van der Waals surface area contributed by atoms with Crippen molar-refractivity contribution in [3.05, 3.63) is 68.8 Å². The molecule has 0 bridgehead atoms. The van der Waals surface area contributed by atoms with Crippen molar-refractivity contribution in [1.82, 2.24) is 0 Å². The summed E-state index contributed by atoms with van der Waals surface area (Å²) in [6.07, 6.45) is 0. The highest BCUT2D eigenvalue weighted by Gasteiger charge is 2.19. The van der Waals surface area contributed by atoms with Crippen molar-refractivity contribution >= 4 is 34.3 Å². The van der Waals surface area contributed by atoms with E-state index in [9.17, 15) is 9.59 Å². The molecule has 0 spiro atoms. The Morgan fingerprint density at radius 1 is 1.05 bits per heavy atom. The van der Waals surface area contributed by atoms with Crippen LogP contribution in [0.15, 0.2) is 48.5 Å². The van der Waals surface area contributed by atoms with Gasteiger partial charge in [-0.3, -0.25) is 9.59 Å². The van der Waals surface area contributed by atoms with Gasteiger partial charge in [-0.1, -0.05) is 30.3 Å². The molecule has 2 aromatic carbocycles. The lowest BCUT2D eigenvalue weighted by Crippen LogP contribution is -2.11. The number of ketones is 1. The molecule has 2 aromatic rings. The van der Waals surface area contributed by atoms with Gasteiger partial charge in [0.2, 0.25) is 0 Å². The summed E-state index contributed by atoms with van der Waals surface area (Å²) in [6, 6.07) is 14.2. The van der Waals surface area contributed by atoms with Gasteiger partial charge in [0, 0.05) is 14.7 Å². The summed E-state index contributed by atoms with van der Waals surface area (Å²) in [5.41, 5.74) is 1.78. The number of carbonyl (C=O) groups excluding carboxylic acids is 1. The van der Waals surface area contributed by atoms with Crippen LogP contribution >= 0.6 is 22.6 Å². The van der Waals surface area contributed by atoms with E-state index < -0.39 is 11.9 Å². The van der Waals surface area contributed by atoms with Crippen molar-refractivity contribution in [3.63, 3.8) is 0 Å². The van der Waals surface area contributed by atoms with Crippen LogP contribution in [0, 0.1) is 3.57 Å². The molecule has 20 heavy (non-hydrogen) atoms. The highest BCUT2D eigenvalue weighted by molar-refractivity contribution is 14.1. The Kier molecular flexibility index (Phi) is 4.54. The van der Waals surface area contributed by atoms with Crippen LogP contribution in [0.1, 0.15) is 34.3 Å². The van der Waals surface area contributed by atoms with Crippen LogP contribution in [0.2, 0.25) is 0 Å². The maximum absolute atomic E-state index is 12.4. The predicted molar refractivity (Wildman–Crippen MR) is 85.1 cm³/mol. The molecule has 0 radical (unpaired) electrons. The molecule has 3 nitrogen and oxygen atoms in total. The number of carboxylic acids is 1. The van der Waals surface area contributed by atoms with Crippen molar-refractivity contribution in [3.8, 4) is 0 Å². The van der Waals surface area contributed by atoms with Gasteiger partial charge in [0.1, 0.15) is 0 Å². The molecule has 0 heterocycles. The second-order valence-corrected chi connectivity index (χ2v) is 5.65. The third kappa shape index (κ3) is 3.07. The Hall–Kier alpha value is -1.69. The van der Waals surface area contributed by atoms with Crippen molar-refractivity contribution in [2.75, 3.05) is 0 Å². The number of hydrogen-bond acceptors (Lipinski definition) is 2. The SMILES string of the molecule is CC(C(=O)O)c1cc(C(=O)c2ccccc2)ccc1I. The number of hydrogen-bond donors (Lipinski definition) is 1. The monoisotopic (exact) mass is 380 g/mol. The van der Waals surface area contributed by atoms with E-state index in [1.54, 1.807) is 49.4 Å². The lowest BCUT2D eigenvalue weighted by molar-refractivity contribution is -0.138. The van der Waals surface area contributed by atoms with E-state index in [0.717, 1.165) is 3.57 Å². The maximum Gasteiger partial charge on any atom is 0.310 e. The van der Waals surface area contributed by atoms with Crippen molar-refractivity contribution < 1.29 is 14.7 Å². The minimum Gasteiger partial charge on any atom is -0.481 e. The lowest BCUT2D eigenvalue weighted by Gasteiger charge is -2.11. The van der Waals surface area contributed by atoms with E-state index in [1.165, 1.54) is 0 Å². The van der Waals surface area contributed by atoms with Crippen LogP contribution in [0.4, 0.5) is 0 Å². The molecular formula is C16H13IO3. The smallest absolute Gasteiger partial charge is 0.310 e. The molecule has 0 aliphatic heterocycles. The van der Waals surface area contributed by atoms with E-state index in [4.69, 9.17) is 5.11 Å². The molecule has 0 amide bonds. The molecule has 1 unspecified atom stereocenters. The van der Waals surface area contributed by atoms with Crippen LogP contribution in [-0.4, -0.2) is 16.9 Å². The Morgan fingerprint density at radius 2 is 1.70 bits per heavy atom. The van der Waals surface area contributed by atoms with Gasteiger partial charge in [-0.2, -0.15) is 0 Å². The van der Waals surface area contributed by atoms with Crippen molar-refractivity contribution in [2.24, 2.45) is 0 Å². The molecule has 0 aliphatic rings.